The van der Waals surface area contributed by atoms with Gasteiger partial charge < -0.3 is 16.0 Å². The highest BCUT2D eigenvalue weighted by molar-refractivity contribution is 7.98. The van der Waals surface area contributed by atoms with E-state index in [9.17, 15) is 9.59 Å². The number of carbonyl (C=O) groups excluding carboxylic acids is 1. The van der Waals surface area contributed by atoms with Crippen molar-refractivity contribution in [1.29, 1.82) is 0 Å². The first-order chi connectivity index (χ1) is 12.0. The van der Waals surface area contributed by atoms with Gasteiger partial charge in [-0.2, -0.15) is 11.8 Å². The molecule has 1 aliphatic rings. The molecule has 6 nitrogen and oxygen atoms in total. The zero-order chi connectivity index (χ0) is 17.8. The van der Waals surface area contributed by atoms with Crippen LogP contribution in [0.5, 0.6) is 0 Å². The maximum Gasteiger partial charge on any atom is 0.259 e. The van der Waals surface area contributed by atoms with Crippen LogP contribution in [0.1, 0.15) is 42.5 Å². The monoisotopic (exact) mass is 416 g/mol. The lowest BCUT2D eigenvalue weighted by molar-refractivity contribution is -0.120. The van der Waals surface area contributed by atoms with Crippen LogP contribution in [0.25, 0.3) is 10.2 Å². The van der Waals surface area contributed by atoms with Gasteiger partial charge in [-0.15, -0.1) is 23.7 Å². The molecule has 0 aromatic carbocycles. The summed E-state index contributed by atoms with van der Waals surface area (Å²) in [4.78, 5) is 33.8. The lowest BCUT2D eigenvalue weighted by Crippen LogP contribution is -2.29. The second-order valence-electron chi connectivity index (χ2n) is 6.47. The first-order valence-corrected chi connectivity index (χ1v) is 10.6. The molecular weight excluding hydrogens is 392 g/mol. The van der Waals surface area contributed by atoms with Crippen molar-refractivity contribution < 1.29 is 4.79 Å². The van der Waals surface area contributed by atoms with Gasteiger partial charge in [-0.3, -0.25) is 9.59 Å². The topological polar surface area (TPSA) is 101 Å². The summed E-state index contributed by atoms with van der Waals surface area (Å²) in [7, 11) is 0. The number of thiophene rings is 1. The summed E-state index contributed by atoms with van der Waals surface area (Å²) in [6.07, 6.45) is 4.45. The van der Waals surface area contributed by atoms with Gasteiger partial charge >= 0.3 is 0 Å². The minimum absolute atomic E-state index is 0. The van der Waals surface area contributed by atoms with E-state index in [4.69, 9.17) is 5.73 Å². The lowest BCUT2D eigenvalue weighted by atomic mass is 10.2. The zero-order valence-electron chi connectivity index (χ0n) is 14.8. The second-order valence-corrected chi connectivity index (χ2v) is 8.66. The number of aryl methyl sites for hydroxylation is 2. The maximum absolute atomic E-state index is 12.4. The molecule has 0 radical (unpaired) electrons. The van der Waals surface area contributed by atoms with Crippen LogP contribution in [-0.2, 0) is 23.4 Å². The molecule has 1 atom stereocenters. The van der Waals surface area contributed by atoms with Crippen molar-refractivity contribution in [2.45, 2.75) is 50.8 Å². The number of aromatic amines is 1. The van der Waals surface area contributed by atoms with Crippen molar-refractivity contribution in [2.75, 3.05) is 12.3 Å². The minimum Gasteiger partial charge on any atom is -0.356 e. The first kappa shape index (κ1) is 21.2. The molecule has 0 bridgehead atoms. The molecule has 1 unspecified atom stereocenters. The Morgan fingerprint density at radius 3 is 3.04 bits per heavy atom. The van der Waals surface area contributed by atoms with Gasteiger partial charge in [0, 0.05) is 29.6 Å². The third-order valence-electron chi connectivity index (χ3n) is 4.26. The van der Waals surface area contributed by atoms with Crippen molar-refractivity contribution in [3.63, 3.8) is 0 Å². The van der Waals surface area contributed by atoms with Gasteiger partial charge in [0.05, 0.1) is 11.1 Å². The third kappa shape index (κ3) is 5.22. The van der Waals surface area contributed by atoms with E-state index >= 15 is 0 Å². The van der Waals surface area contributed by atoms with Crippen molar-refractivity contribution in [3.8, 4) is 0 Å². The predicted octanol–water partition coefficient (Wildman–Crippen LogP) is 2.37. The zero-order valence-corrected chi connectivity index (χ0v) is 17.2. The standard InChI is InChI=1S/C17H24N4O2S2.ClH/c1-10(18)5-7-19-14(22)6-8-24-9-13-20-16(23)15-11-3-2-4-12(11)25-17(15)21-13;/h10H,2-9,18H2,1H3,(H,19,22)(H,20,21,23);1H. The largest absolute Gasteiger partial charge is 0.356 e. The Labute approximate surface area is 167 Å². The number of hydrogen-bond donors (Lipinski definition) is 3. The summed E-state index contributed by atoms with van der Waals surface area (Å²) in [5.74, 6) is 2.05. The van der Waals surface area contributed by atoms with Gasteiger partial charge in [0.1, 0.15) is 10.7 Å². The Morgan fingerprint density at radius 2 is 2.27 bits per heavy atom. The molecule has 0 fully saturated rings. The summed E-state index contributed by atoms with van der Waals surface area (Å²) in [5.41, 5.74) is 6.83. The molecule has 9 heteroatoms. The number of nitrogens with one attached hydrogen (secondary N) is 2. The average Bonchev–Trinajstić information content (AvgIpc) is 3.11. The van der Waals surface area contributed by atoms with Gasteiger partial charge in [0.25, 0.3) is 5.56 Å². The molecule has 0 aliphatic heterocycles. The molecule has 1 aliphatic carbocycles. The molecule has 0 saturated carbocycles. The fourth-order valence-electron chi connectivity index (χ4n) is 2.98. The van der Waals surface area contributed by atoms with Crippen LogP contribution in [0, 0.1) is 0 Å². The first-order valence-electron chi connectivity index (χ1n) is 8.68. The molecular formula is C17H25ClN4O2S2. The Balaban J connectivity index is 0.00000243. The van der Waals surface area contributed by atoms with E-state index in [-0.39, 0.29) is 29.9 Å². The number of halogens is 1. The number of amides is 1. The normalized spacial score (nSPS) is 14.1. The molecule has 0 spiro atoms. The number of H-pyrrole nitrogens is 1. The Morgan fingerprint density at radius 1 is 1.46 bits per heavy atom. The number of carbonyl (C=O) groups is 1. The maximum atomic E-state index is 12.4. The summed E-state index contributed by atoms with van der Waals surface area (Å²) >= 11 is 3.26. The molecule has 144 valence electrons. The summed E-state index contributed by atoms with van der Waals surface area (Å²) < 4.78 is 0. The van der Waals surface area contributed by atoms with Crippen LogP contribution in [-0.4, -0.2) is 34.2 Å². The third-order valence-corrected chi connectivity index (χ3v) is 6.41. The number of hydrogen-bond acceptors (Lipinski definition) is 6. The summed E-state index contributed by atoms with van der Waals surface area (Å²) in [6.45, 7) is 2.55. The van der Waals surface area contributed by atoms with E-state index in [1.807, 2.05) is 6.92 Å². The Bertz CT molecular complexity index is 819. The molecule has 2 aromatic rings. The fraction of sp³-hybridized carbons (Fsp3) is 0.588. The number of thioether (sulfide) groups is 1. The molecule has 0 saturated heterocycles. The lowest BCUT2D eigenvalue weighted by Gasteiger charge is -2.07. The van der Waals surface area contributed by atoms with E-state index in [1.165, 1.54) is 10.4 Å². The van der Waals surface area contributed by atoms with Gasteiger partial charge in [-0.1, -0.05) is 0 Å². The number of fused-ring (bicyclic) bond motifs is 3. The highest BCUT2D eigenvalue weighted by atomic mass is 35.5. The van der Waals surface area contributed by atoms with Gasteiger partial charge in [-0.25, -0.2) is 4.98 Å². The van der Waals surface area contributed by atoms with Gasteiger partial charge in [0.2, 0.25) is 5.91 Å². The second kappa shape index (κ2) is 9.73. The van der Waals surface area contributed by atoms with Gasteiger partial charge in [0.15, 0.2) is 0 Å². The van der Waals surface area contributed by atoms with Crippen molar-refractivity contribution >= 4 is 51.6 Å². The molecule has 1 amide bonds. The smallest absolute Gasteiger partial charge is 0.259 e. The highest BCUT2D eigenvalue weighted by Crippen LogP contribution is 2.34. The van der Waals surface area contributed by atoms with Crippen LogP contribution >= 0.6 is 35.5 Å². The molecule has 26 heavy (non-hydrogen) atoms. The highest BCUT2D eigenvalue weighted by Gasteiger charge is 2.20. The van der Waals surface area contributed by atoms with Crippen LogP contribution in [0.3, 0.4) is 0 Å². The molecule has 2 heterocycles. The van der Waals surface area contributed by atoms with E-state index < -0.39 is 0 Å². The van der Waals surface area contributed by atoms with Crippen LogP contribution in [0.4, 0.5) is 0 Å². The van der Waals surface area contributed by atoms with E-state index in [0.717, 1.165) is 35.9 Å². The molecule has 4 N–H and O–H groups in total. The van der Waals surface area contributed by atoms with Crippen LogP contribution < -0.4 is 16.6 Å². The van der Waals surface area contributed by atoms with Crippen LogP contribution in [0.15, 0.2) is 4.79 Å². The summed E-state index contributed by atoms with van der Waals surface area (Å²) in [6, 6.07) is 0.103. The van der Waals surface area contributed by atoms with E-state index in [1.54, 1.807) is 23.1 Å². The Hall–Kier alpha value is -1.09. The number of nitrogens with zero attached hydrogens (tertiary/aromatic N) is 1. The molecule has 3 rings (SSSR count). The van der Waals surface area contributed by atoms with E-state index in [2.05, 4.69) is 15.3 Å². The number of rotatable bonds is 8. The SMILES string of the molecule is CC(N)CCNC(=O)CCSCc1nc2sc3c(c2c(=O)[nH]1)CCC3.Cl. The number of nitrogens with two attached hydrogens (primary N) is 1. The average molecular weight is 417 g/mol. The van der Waals surface area contributed by atoms with Crippen molar-refractivity contribution in [2.24, 2.45) is 5.73 Å². The summed E-state index contributed by atoms with van der Waals surface area (Å²) in [5, 5.41) is 3.66. The predicted molar refractivity (Wildman–Crippen MR) is 112 cm³/mol. The number of aromatic nitrogens is 2. The molecule has 2 aromatic heterocycles. The van der Waals surface area contributed by atoms with Crippen LogP contribution in [0.2, 0.25) is 0 Å². The minimum atomic E-state index is -0.0198. The van der Waals surface area contributed by atoms with Crippen molar-refractivity contribution in [3.05, 3.63) is 26.6 Å². The fourth-order valence-corrected chi connectivity index (χ4v) is 5.06. The van der Waals surface area contributed by atoms with Gasteiger partial charge in [-0.05, 0) is 38.2 Å². The Kier molecular flexibility index (Phi) is 7.94. The van der Waals surface area contributed by atoms with Crippen molar-refractivity contribution in [1.82, 2.24) is 15.3 Å². The van der Waals surface area contributed by atoms with E-state index in [0.29, 0.717) is 30.3 Å². The quantitative estimate of drug-likeness (QED) is 0.573.